The van der Waals surface area contributed by atoms with Crippen molar-refractivity contribution in [2.45, 2.75) is 6.04 Å². The minimum Gasteiger partial charge on any atom is -0.480 e. The van der Waals surface area contributed by atoms with Gasteiger partial charge in [0.1, 0.15) is 6.04 Å². The van der Waals surface area contributed by atoms with Crippen molar-refractivity contribution in [1.29, 1.82) is 0 Å². The summed E-state index contributed by atoms with van der Waals surface area (Å²) in [5.74, 6) is -1.00. The first-order valence-corrected chi connectivity index (χ1v) is 4.37. The van der Waals surface area contributed by atoms with Gasteiger partial charge in [-0.05, 0) is 0 Å². The molecular weight excluding hydrogens is 268 g/mol. The number of aliphatic hydroxyl groups excluding tert-OH is 1. The van der Waals surface area contributed by atoms with Crippen LogP contribution in [0.15, 0.2) is 0 Å². The van der Waals surface area contributed by atoms with Crippen LogP contribution in [-0.2, 0) is 4.79 Å². The van der Waals surface area contributed by atoms with Crippen LogP contribution in [0, 0.1) is 0 Å². The van der Waals surface area contributed by atoms with E-state index in [-0.39, 0.29) is 6.61 Å². The molecule has 0 aliphatic rings. The topological polar surface area (TPSA) is 60.8 Å². The van der Waals surface area contributed by atoms with Gasteiger partial charge in [-0.3, -0.25) is 4.79 Å². The highest BCUT2D eigenvalue weighted by atomic mass is 127. The Hall–Kier alpha value is 0.550. The minimum absolute atomic E-state index is 0.354. The van der Waals surface area contributed by atoms with Gasteiger partial charge < -0.3 is 10.2 Å². The van der Waals surface area contributed by atoms with Crippen molar-refractivity contribution in [1.82, 2.24) is 3.11 Å². The number of halogens is 1. The van der Waals surface area contributed by atoms with Gasteiger partial charge in [-0.25, -0.2) is 3.11 Å². The summed E-state index contributed by atoms with van der Waals surface area (Å²) in [5.41, 5.74) is 0. The van der Waals surface area contributed by atoms with Crippen LogP contribution in [0.1, 0.15) is 0 Å². The number of nitrogens with zero attached hydrogens (tertiary/aromatic N) is 1. The second-order valence-corrected chi connectivity index (χ2v) is 3.22. The van der Waals surface area contributed by atoms with E-state index in [1.165, 1.54) is 3.11 Å². The normalized spacial score (nSPS) is 13.6. The van der Waals surface area contributed by atoms with E-state index < -0.39 is 12.0 Å². The van der Waals surface area contributed by atoms with Gasteiger partial charge in [0.05, 0.1) is 6.61 Å². The Morgan fingerprint density at radius 3 is 2.40 bits per heavy atom. The molecule has 0 amide bonds. The monoisotopic (exact) mass is 277 g/mol. The van der Waals surface area contributed by atoms with Crippen LogP contribution >= 0.6 is 32.1 Å². The zero-order valence-corrected chi connectivity index (χ0v) is 8.51. The number of aliphatic carboxylic acids is 1. The maximum Gasteiger partial charge on any atom is 0.324 e. The van der Waals surface area contributed by atoms with Crippen molar-refractivity contribution in [2.75, 3.05) is 12.9 Å². The van der Waals surface area contributed by atoms with Crippen LogP contribution in [0.25, 0.3) is 0 Å². The van der Waals surface area contributed by atoms with Crippen molar-refractivity contribution in [3.63, 3.8) is 0 Å². The van der Waals surface area contributed by atoms with Gasteiger partial charge >= 0.3 is 5.97 Å². The van der Waals surface area contributed by atoms with Crippen molar-refractivity contribution >= 4 is 38.1 Å². The maximum atomic E-state index is 10.3. The van der Waals surface area contributed by atoms with Crippen LogP contribution in [0.3, 0.4) is 0 Å². The third kappa shape index (κ3) is 3.09. The Morgan fingerprint density at radius 1 is 1.80 bits per heavy atom. The molecule has 0 fully saturated rings. The summed E-state index contributed by atoms with van der Waals surface area (Å²) < 4.78 is 1.50. The molecule has 0 rings (SSSR count). The Morgan fingerprint density at radius 2 is 2.30 bits per heavy atom. The lowest BCUT2D eigenvalue weighted by atomic mass is 10.3. The first-order chi connectivity index (χ1) is 4.63. The largest absolute Gasteiger partial charge is 0.480 e. The fourth-order valence-electron chi connectivity index (χ4n) is 0.414. The number of carbonyl (C=O) groups is 1. The number of aliphatic hydroxyl groups is 1. The van der Waals surface area contributed by atoms with Gasteiger partial charge in [0.25, 0.3) is 0 Å². The number of carboxylic acid groups (broad SMARTS) is 1. The first kappa shape index (κ1) is 10.6. The van der Waals surface area contributed by atoms with Crippen molar-refractivity contribution in [3.8, 4) is 0 Å². The molecule has 2 unspecified atom stereocenters. The molecule has 0 aliphatic carbocycles. The standard InChI is InChI=1S/C4H9INO3P/c5-6(2-10)3(1-7)4(8)9/h3,7H,1-2,10H2,(H,8,9). The molecule has 2 N–H and O–H groups in total. The summed E-state index contributed by atoms with van der Waals surface area (Å²) in [4.78, 5) is 10.3. The molecular formula is C4H9INO3P. The van der Waals surface area contributed by atoms with Crippen LogP contribution in [0.5, 0.6) is 0 Å². The van der Waals surface area contributed by atoms with Crippen molar-refractivity contribution in [3.05, 3.63) is 0 Å². The molecule has 6 heteroatoms. The van der Waals surface area contributed by atoms with Crippen molar-refractivity contribution in [2.24, 2.45) is 0 Å². The summed E-state index contributed by atoms with van der Waals surface area (Å²) >= 11 is 1.85. The molecule has 0 aliphatic heterocycles. The molecule has 0 aromatic rings. The summed E-state index contributed by atoms with van der Waals surface area (Å²) in [6.07, 6.45) is 0.526. The average Bonchev–Trinajstić information content (AvgIpc) is 1.88. The Kier molecular flexibility index (Phi) is 5.52. The van der Waals surface area contributed by atoms with E-state index in [9.17, 15) is 4.79 Å². The van der Waals surface area contributed by atoms with Crippen LogP contribution in [0.2, 0.25) is 0 Å². The minimum atomic E-state index is -1.00. The van der Waals surface area contributed by atoms with Crippen LogP contribution in [0.4, 0.5) is 0 Å². The Bertz CT molecular complexity index is 123. The van der Waals surface area contributed by atoms with Gasteiger partial charge in [0.2, 0.25) is 0 Å². The summed E-state index contributed by atoms with van der Waals surface area (Å²) in [5, 5.41) is 17.0. The van der Waals surface area contributed by atoms with E-state index in [2.05, 4.69) is 9.24 Å². The predicted octanol–water partition coefficient (Wildman–Crippen LogP) is -0.0835. The highest BCUT2D eigenvalue weighted by Gasteiger charge is 2.20. The molecule has 0 heterocycles. The number of hydrogen-bond acceptors (Lipinski definition) is 3. The molecule has 0 radical (unpaired) electrons. The van der Waals surface area contributed by atoms with E-state index in [0.29, 0.717) is 6.29 Å². The fraction of sp³-hybridized carbons (Fsp3) is 0.750. The lowest BCUT2D eigenvalue weighted by Crippen LogP contribution is -2.36. The Labute approximate surface area is 75.3 Å². The number of hydrogen-bond donors (Lipinski definition) is 2. The molecule has 0 bridgehead atoms. The lowest BCUT2D eigenvalue weighted by Gasteiger charge is -2.17. The molecule has 60 valence electrons. The molecule has 10 heavy (non-hydrogen) atoms. The van der Waals surface area contributed by atoms with E-state index in [1.54, 1.807) is 0 Å². The zero-order valence-electron chi connectivity index (χ0n) is 5.20. The van der Waals surface area contributed by atoms with Crippen LogP contribution in [-0.4, -0.2) is 38.2 Å². The van der Waals surface area contributed by atoms with Gasteiger partial charge in [-0.2, -0.15) is 0 Å². The highest BCUT2D eigenvalue weighted by Crippen LogP contribution is 2.08. The maximum absolute atomic E-state index is 10.3. The zero-order chi connectivity index (χ0) is 8.15. The summed E-state index contributed by atoms with van der Waals surface area (Å²) in [7, 11) is 2.38. The van der Waals surface area contributed by atoms with Gasteiger partial charge in [0, 0.05) is 29.2 Å². The van der Waals surface area contributed by atoms with E-state index in [4.69, 9.17) is 10.2 Å². The second-order valence-electron chi connectivity index (χ2n) is 1.62. The van der Waals surface area contributed by atoms with Gasteiger partial charge in [-0.1, -0.05) is 0 Å². The molecule has 0 aromatic heterocycles. The third-order valence-corrected chi connectivity index (χ3v) is 3.17. The Balaban J connectivity index is 3.92. The quantitative estimate of drug-likeness (QED) is 0.428. The van der Waals surface area contributed by atoms with E-state index in [1.807, 2.05) is 22.9 Å². The third-order valence-electron chi connectivity index (χ3n) is 0.971. The van der Waals surface area contributed by atoms with Crippen molar-refractivity contribution < 1.29 is 15.0 Å². The van der Waals surface area contributed by atoms with E-state index >= 15 is 0 Å². The van der Waals surface area contributed by atoms with Crippen LogP contribution < -0.4 is 0 Å². The number of carboxylic acids is 1. The van der Waals surface area contributed by atoms with Gasteiger partial charge in [-0.15, -0.1) is 9.24 Å². The number of rotatable bonds is 4. The lowest BCUT2D eigenvalue weighted by molar-refractivity contribution is -0.141. The SMILES string of the molecule is O=C(O)C(CO)N(I)CP. The molecule has 4 nitrogen and oxygen atoms in total. The molecule has 2 atom stereocenters. The molecule has 0 spiro atoms. The van der Waals surface area contributed by atoms with Gasteiger partial charge in [0.15, 0.2) is 0 Å². The summed E-state index contributed by atoms with van der Waals surface area (Å²) in [6, 6.07) is -0.793. The molecule has 0 aromatic carbocycles. The molecule has 0 saturated heterocycles. The summed E-state index contributed by atoms with van der Waals surface area (Å²) in [6.45, 7) is -0.354. The highest BCUT2D eigenvalue weighted by molar-refractivity contribution is 14.1. The second kappa shape index (κ2) is 5.23. The van der Waals surface area contributed by atoms with E-state index in [0.717, 1.165) is 0 Å². The average molecular weight is 277 g/mol. The molecule has 0 saturated carbocycles. The smallest absolute Gasteiger partial charge is 0.324 e. The first-order valence-electron chi connectivity index (χ1n) is 2.59. The predicted molar refractivity (Wildman–Crippen MR) is 48.9 cm³/mol. The fourth-order valence-corrected chi connectivity index (χ4v) is 1.08.